The number of hydrogen-bond donors (Lipinski definition) is 0. The second kappa shape index (κ2) is 6.21. The molecule has 1 heteroatoms. The van der Waals surface area contributed by atoms with Crippen molar-refractivity contribution in [2.24, 2.45) is 0 Å². The summed E-state index contributed by atoms with van der Waals surface area (Å²) in [6.45, 7) is 4.57. The molecule has 0 fully saturated rings. The zero-order chi connectivity index (χ0) is 18.4. The SMILES string of the molecule is CC(C)c1c2ccccc2c(-c2cccc3cccnc23)c2ccccc12. The van der Waals surface area contributed by atoms with Crippen LogP contribution in [-0.2, 0) is 0 Å². The fourth-order valence-electron chi connectivity index (χ4n) is 4.38. The van der Waals surface area contributed by atoms with Crippen molar-refractivity contribution < 1.29 is 0 Å². The highest BCUT2D eigenvalue weighted by molar-refractivity contribution is 6.18. The quantitative estimate of drug-likeness (QED) is 0.305. The maximum absolute atomic E-state index is 4.73. The van der Waals surface area contributed by atoms with Crippen molar-refractivity contribution in [3.8, 4) is 11.1 Å². The van der Waals surface area contributed by atoms with Crippen LogP contribution in [0.3, 0.4) is 0 Å². The van der Waals surface area contributed by atoms with E-state index in [1.165, 1.54) is 43.6 Å². The Hall–Kier alpha value is -3.19. The first-order chi connectivity index (χ1) is 13.3. The molecule has 0 spiro atoms. The smallest absolute Gasteiger partial charge is 0.0780 e. The maximum atomic E-state index is 4.73. The van der Waals surface area contributed by atoms with Crippen LogP contribution < -0.4 is 0 Å². The minimum absolute atomic E-state index is 0.458. The van der Waals surface area contributed by atoms with Crippen LogP contribution in [0, 0.1) is 0 Å². The second-order valence-corrected chi connectivity index (χ2v) is 7.42. The lowest BCUT2D eigenvalue weighted by Gasteiger charge is -2.19. The van der Waals surface area contributed by atoms with Gasteiger partial charge in [-0.2, -0.15) is 0 Å². The van der Waals surface area contributed by atoms with Gasteiger partial charge in [0.1, 0.15) is 0 Å². The third-order valence-electron chi connectivity index (χ3n) is 5.45. The number of nitrogens with zero attached hydrogens (tertiary/aromatic N) is 1. The summed E-state index contributed by atoms with van der Waals surface area (Å²) >= 11 is 0. The Kier molecular flexibility index (Phi) is 3.68. The molecule has 0 saturated carbocycles. The lowest BCUT2D eigenvalue weighted by Crippen LogP contribution is -1.96. The van der Waals surface area contributed by atoms with Crippen LogP contribution in [0.2, 0.25) is 0 Å². The first-order valence-electron chi connectivity index (χ1n) is 9.53. The minimum Gasteiger partial charge on any atom is -0.256 e. The highest BCUT2D eigenvalue weighted by Gasteiger charge is 2.18. The van der Waals surface area contributed by atoms with Crippen molar-refractivity contribution in [1.29, 1.82) is 0 Å². The molecule has 0 N–H and O–H groups in total. The molecule has 0 aliphatic heterocycles. The predicted octanol–water partition coefficient (Wildman–Crippen LogP) is 7.33. The van der Waals surface area contributed by atoms with Crippen LogP contribution in [0.25, 0.3) is 43.6 Å². The van der Waals surface area contributed by atoms with Gasteiger partial charge in [-0.15, -0.1) is 0 Å². The largest absolute Gasteiger partial charge is 0.256 e. The van der Waals surface area contributed by atoms with E-state index in [1.54, 1.807) is 0 Å². The number of para-hydroxylation sites is 1. The molecule has 1 nitrogen and oxygen atoms in total. The summed E-state index contributed by atoms with van der Waals surface area (Å²) in [6.07, 6.45) is 1.89. The van der Waals surface area contributed by atoms with Gasteiger partial charge in [0.2, 0.25) is 0 Å². The first kappa shape index (κ1) is 16.0. The third kappa shape index (κ3) is 2.43. The fraction of sp³-hybridized carbons (Fsp3) is 0.115. The van der Waals surface area contributed by atoms with Crippen molar-refractivity contribution in [2.75, 3.05) is 0 Å². The number of aromatic nitrogens is 1. The molecule has 5 rings (SSSR count). The van der Waals surface area contributed by atoms with Gasteiger partial charge >= 0.3 is 0 Å². The van der Waals surface area contributed by atoms with E-state index in [2.05, 4.69) is 86.6 Å². The summed E-state index contributed by atoms with van der Waals surface area (Å²) in [5.74, 6) is 0.458. The van der Waals surface area contributed by atoms with Crippen molar-refractivity contribution in [2.45, 2.75) is 19.8 Å². The molecule has 0 amide bonds. The zero-order valence-electron chi connectivity index (χ0n) is 15.6. The topological polar surface area (TPSA) is 12.9 Å². The number of rotatable bonds is 2. The van der Waals surface area contributed by atoms with Gasteiger partial charge in [0.15, 0.2) is 0 Å². The van der Waals surface area contributed by atoms with E-state index in [0.29, 0.717) is 5.92 Å². The Bertz CT molecular complexity index is 1240. The van der Waals surface area contributed by atoms with Gasteiger partial charge in [0.05, 0.1) is 5.52 Å². The van der Waals surface area contributed by atoms with Gasteiger partial charge in [-0.3, -0.25) is 4.98 Å². The van der Waals surface area contributed by atoms with E-state index < -0.39 is 0 Å². The first-order valence-corrected chi connectivity index (χ1v) is 9.53. The number of benzene rings is 4. The number of fused-ring (bicyclic) bond motifs is 3. The molecule has 0 aliphatic rings. The molecule has 0 atom stereocenters. The second-order valence-electron chi connectivity index (χ2n) is 7.42. The van der Waals surface area contributed by atoms with Gasteiger partial charge in [-0.25, -0.2) is 0 Å². The zero-order valence-corrected chi connectivity index (χ0v) is 15.6. The highest BCUT2D eigenvalue weighted by atomic mass is 14.6. The fourth-order valence-corrected chi connectivity index (χ4v) is 4.38. The lowest BCUT2D eigenvalue weighted by atomic mass is 9.84. The Morgan fingerprint density at radius 2 is 1.22 bits per heavy atom. The van der Waals surface area contributed by atoms with Crippen molar-refractivity contribution in [1.82, 2.24) is 4.98 Å². The van der Waals surface area contributed by atoms with Gasteiger partial charge < -0.3 is 0 Å². The Balaban J connectivity index is 2.05. The maximum Gasteiger partial charge on any atom is 0.0780 e. The third-order valence-corrected chi connectivity index (χ3v) is 5.45. The molecule has 27 heavy (non-hydrogen) atoms. The molecule has 4 aromatic carbocycles. The molecule has 0 radical (unpaired) electrons. The van der Waals surface area contributed by atoms with Crippen LogP contribution in [0.4, 0.5) is 0 Å². The normalized spacial score (nSPS) is 11.7. The predicted molar refractivity (Wildman–Crippen MR) is 116 cm³/mol. The molecular formula is C26H21N. The van der Waals surface area contributed by atoms with E-state index >= 15 is 0 Å². The molecule has 1 aromatic heterocycles. The van der Waals surface area contributed by atoms with Gasteiger partial charge in [-0.1, -0.05) is 86.6 Å². The lowest BCUT2D eigenvalue weighted by molar-refractivity contribution is 0.885. The van der Waals surface area contributed by atoms with Crippen molar-refractivity contribution in [3.63, 3.8) is 0 Å². The molecule has 130 valence electrons. The summed E-state index contributed by atoms with van der Waals surface area (Å²) in [5, 5.41) is 6.47. The number of pyridine rings is 1. The van der Waals surface area contributed by atoms with Gasteiger partial charge in [0, 0.05) is 17.1 Å². The van der Waals surface area contributed by atoms with E-state index in [-0.39, 0.29) is 0 Å². The molecule has 0 aliphatic carbocycles. The minimum atomic E-state index is 0.458. The summed E-state index contributed by atoms with van der Waals surface area (Å²) in [4.78, 5) is 4.73. The molecule has 0 saturated heterocycles. The average molecular weight is 347 g/mol. The van der Waals surface area contributed by atoms with E-state index in [9.17, 15) is 0 Å². The van der Waals surface area contributed by atoms with E-state index in [0.717, 1.165) is 5.52 Å². The monoisotopic (exact) mass is 347 g/mol. The van der Waals surface area contributed by atoms with E-state index in [4.69, 9.17) is 4.98 Å². The summed E-state index contributed by atoms with van der Waals surface area (Å²) in [5.41, 5.74) is 4.98. The molecule has 0 bridgehead atoms. The van der Waals surface area contributed by atoms with Crippen LogP contribution in [0.1, 0.15) is 25.3 Å². The molecule has 0 unspecified atom stereocenters. The Morgan fingerprint density at radius 1 is 0.630 bits per heavy atom. The molecular weight excluding hydrogens is 326 g/mol. The van der Waals surface area contributed by atoms with Crippen molar-refractivity contribution in [3.05, 3.63) is 90.6 Å². The van der Waals surface area contributed by atoms with Gasteiger partial charge in [-0.05, 0) is 44.7 Å². The standard InChI is InChI=1S/C26H21N/c1-17(2)24-19-11-3-5-13-21(19)25(22-14-6-4-12-20(22)24)23-15-7-9-18-10-8-16-27-26(18)23/h3-17H,1-2H3. The van der Waals surface area contributed by atoms with Crippen LogP contribution >= 0.6 is 0 Å². The average Bonchev–Trinajstić information content (AvgIpc) is 2.71. The van der Waals surface area contributed by atoms with Crippen LogP contribution in [0.5, 0.6) is 0 Å². The number of hydrogen-bond acceptors (Lipinski definition) is 1. The molecule has 1 heterocycles. The Labute approximate surface area is 159 Å². The Morgan fingerprint density at radius 3 is 1.85 bits per heavy atom. The van der Waals surface area contributed by atoms with Crippen molar-refractivity contribution >= 4 is 32.4 Å². The summed E-state index contributed by atoms with van der Waals surface area (Å²) < 4.78 is 0. The summed E-state index contributed by atoms with van der Waals surface area (Å²) in [7, 11) is 0. The van der Waals surface area contributed by atoms with Crippen LogP contribution in [-0.4, -0.2) is 4.98 Å². The van der Waals surface area contributed by atoms with E-state index in [1.807, 2.05) is 12.3 Å². The highest BCUT2D eigenvalue weighted by Crippen LogP contribution is 2.43. The summed E-state index contributed by atoms with van der Waals surface area (Å²) in [6, 6.07) is 28.2. The van der Waals surface area contributed by atoms with Gasteiger partial charge in [0.25, 0.3) is 0 Å². The molecule has 5 aromatic rings. The van der Waals surface area contributed by atoms with Crippen LogP contribution in [0.15, 0.2) is 85.1 Å².